The Hall–Kier alpha value is -1.21. The number of hydrogen-bond acceptors (Lipinski definition) is 5. The molecule has 1 saturated heterocycles. The molecule has 0 unspecified atom stereocenters. The third kappa shape index (κ3) is 2.46. The van der Waals surface area contributed by atoms with E-state index in [0.29, 0.717) is 30.8 Å². The largest absolute Gasteiger partial charge is 0.377 e. The number of nitrogens with zero attached hydrogens (tertiary/aromatic N) is 3. The first-order valence-corrected chi connectivity index (χ1v) is 7.04. The molecule has 1 aliphatic carbocycles. The molecule has 7 heteroatoms. The number of hydrogen-bond donors (Lipinski definition) is 1. The lowest BCUT2D eigenvalue weighted by Crippen LogP contribution is -2.48. The minimum Gasteiger partial charge on any atom is -0.377 e. The second-order valence-electron chi connectivity index (χ2n) is 4.77. The van der Waals surface area contributed by atoms with Crippen LogP contribution in [0.5, 0.6) is 0 Å². The van der Waals surface area contributed by atoms with Crippen molar-refractivity contribution < 1.29 is 9.53 Å². The van der Waals surface area contributed by atoms with E-state index >= 15 is 0 Å². The van der Waals surface area contributed by atoms with Gasteiger partial charge in [-0.2, -0.15) is 0 Å². The summed E-state index contributed by atoms with van der Waals surface area (Å²) in [5.74, 6) is 0.579. The number of carbonyl (C=O) groups excluding carboxylic acids is 1. The highest BCUT2D eigenvalue weighted by Gasteiger charge is 2.29. The van der Waals surface area contributed by atoms with E-state index < -0.39 is 0 Å². The molecule has 1 N–H and O–H groups in total. The number of carbonyl (C=O) groups is 1. The highest BCUT2D eigenvalue weighted by Crippen LogP contribution is 2.42. The van der Waals surface area contributed by atoms with E-state index in [0.717, 1.165) is 5.01 Å². The fraction of sp³-hybridized carbons (Fsp3) is 0.727. The molecule has 0 aromatic carbocycles. The molecule has 0 radical (unpaired) electrons. The summed E-state index contributed by atoms with van der Waals surface area (Å²) in [7, 11) is 0. The second kappa shape index (κ2) is 4.81. The Balaban J connectivity index is 1.61. The molecule has 98 valence electrons. The van der Waals surface area contributed by atoms with Crippen LogP contribution in [0.1, 0.15) is 30.7 Å². The van der Waals surface area contributed by atoms with Crippen LogP contribution in [0.4, 0.5) is 9.93 Å². The molecule has 1 aromatic rings. The van der Waals surface area contributed by atoms with Crippen molar-refractivity contribution in [1.82, 2.24) is 15.1 Å². The average Bonchev–Trinajstić information content (AvgIpc) is 3.11. The summed E-state index contributed by atoms with van der Waals surface area (Å²) >= 11 is 1.48. The van der Waals surface area contributed by atoms with Gasteiger partial charge < -0.3 is 9.64 Å². The zero-order chi connectivity index (χ0) is 12.5. The van der Waals surface area contributed by atoms with Crippen LogP contribution in [0.15, 0.2) is 0 Å². The predicted molar refractivity (Wildman–Crippen MR) is 67.9 cm³/mol. The third-order valence-corrected chi connectivity index (χ3v) is 4.21. The average molecular weight is 268 g/mol. The highest BCUT2D eigenvalue weighted by molar-refractivity contribution is 7.15. The van der Waals surface area contributed by atoms with Crippen molar-refractivity contribution in [2.45, 2.75) is 31.7 Å². The summed E-state index contributed by atoms with van der Waals surface area (Å²) in [6, 6.07) is -0.00105. The number of aromatic nitrogens is 2. The van der Waals surface area contributed by atoms with Gasteiger partial charge in [0.1, 0.15) is 5.01 Å². The lowest BCUT2D eigenvalue weighted by atomic mass is 10.3. The van der Waals surface area contributed by atoms with E-state index in [1.807, 2.05) is 6.92 Å². The second-order valence-corrected chi connectivity index (χ2v) is 5.78. The van der Waals surface area contributed by atoms with Gasteiger partial charge in [-0.15, -0.1) is 10.2 Å². The van der Waals surface area contributed by atoms with Gasteiger partial charge >= 0.3 is 6.03 Å². The number of nitrogens with one attached hydrogen (secondary N) is 1. The van der Waals surface area contributed by atoms with Gasteiger partial charge in [0.05, 0.1) is 19.3 Å². The molecule has 2 fully saturated rings. The number of urea groups is 1. The maximum Gasteiger partial charge on any atom is 0.324 e. The Kier molecular flexibility index (Phi) is 3.17. The van der Waals surface area contributed by atoms with Crippen LogP contribution in [-0.2, 0) is 4.74 Å². The summed E-state index contributed by atoms with van der Waals surface area (Å²) in [4.78, 5) is 13.9. The Morgan fingerprint density at radius 3 is 3.06 bits per heavy atom. The summed E-state index contributed by atoms with van der Waals surface area (Å²) in [6.45, 7) is 3.80. The molecule has 2 heterocycles. The van der Waals surface area contributed by atoms with Crippen molar-refractivity contribution in [3.8, 4) is 0 Å². The Labute approximate surface area is 109 Å². The van der Waals surface area contributed by atoms with Crippen LogP contribution in [0.25, 0.3) is 0 Å². The van der Waals surface area contributed by atoms with Crippen molar-refractivity contribution in [2.24, 2.45) is 0 Å². The Morgan fingerprint density at radius 1 is 1.50 bits per heavy atom. The topological polar surface area (TPSA) is 67.3 Å². The summed E-state index contributed by atoms with van der Waals surface area (Å²) in [5.41, 5.74) is 0. The smallest absolute Gasteiger partial charge is 0.324 e. The SMILES string of the molecule is C[C@@H]1COCCN1C(=O)Nc1nnc(C2CC2)s1. The van der Waals surface area contributed by atoms with Gasteiger partial charge in [-0.05, 0) is 19.8 Å². The fourth-order valence-corrected chi connectivity index (χ4v) is 2.87. The minimum atomic E-state index is -0.107. The van der Waals surface area contributed by atoms with Gasteiger partial charge in [-0.3, -0.25) is 5.32 Å². The predicted octanol–water partition coefficient (Wildman–Crippen LogP) is 1.67. The molecule has 2 amide bonds. The van der Waals surface area contributed by atoms with Crippen LogP contribution in [0, 0.1) is 0 Å². The van der Waals surface area contributed by atoms with Gasteiger partial charge in [0.15, 0.2) is 0 Å². The van der Waals surface area contributed by atoms with Crippen molar-refractivity contribution in [3.63, 3.8) is 0 Å². The van der Waals surface area contributed by atoms with Crippen LogP contribution in [0.3, 0.4) is 0 Å². The normalized spacial score (nSPS) is 24.1. The van der Waals surface area contributed by atoms with Crippen LogP contribution in [0.2, 0.25) is 0 Å². The van der Waals surface area contributed by atoms with E-state index in [9.17, 15) is 4.79 Å². The van der Waals surface area contributed by atoms with Crippen LogP contribution in [-0.4, -0.2) is 46.9 Å². The van der Waals surface area contributed by atoms with E-state index in [2.05, 4.69) is 15.5 Å². The molecule has 1 aromatic heterocycles. The minimum absolute atomic E-state index is 0.106. The Morgan fingerprint density at radius 2 is 2.33 bits per heavy atom. The van der Waals surface area contributed by atoms with Gasteiger partial charge in [0, 0.05) is 12.5 Å². The zero-order valence-electron chi connectivity index (χ0n) is 10.3. The van der Waals surface area contributed by atoms with E-state index in [1.165, 1.54) is 24.2 Å². The number of ether oxygens (including phenoxy) is 1. The monoisotopic (exact) mass is 268 g/mol. The lowest BCUT2D eigenvalue weighted by molar-refractivity contribution is 0.0221. The number of rotatable bonds is 2. The third-order valence-electron chi connectivity index (χ3n) is 3.21. The maximum atomic E-state index is 12.1. The molecule has 6 nitrogen and oxygen atoms in total. The number of anilines is 1. The molecule has 3 rings (SSSR count). The van der Waals surface area contributed by atoms with Gasteiger partial charge in [0.2, 0.25) is 5.13 Å². The molecule has 2 aliphatic rings. The first-order chi connectivity index (χ1) is 8.74. The fourth-order valence-electron chi connectivity index (χ4n) is 1.97. The number of amides is 2. The van der Waals surface area contributed by atoms with Crippen molar-refractivity contribution in [3.05, 3.63) is 5.01 Å². The number of morpholine rings is 1. The molecule has 0 bridgehead atoms. The standard InChI is InChI=1S/C11H16N4O2S/c1-7-6-17-5-4-15(7)11(16)12-10-14-13-9(18-10)8-2-3-8/h7-8H,2-6H2,1H3,(H,12,14,16)/t7-/m1/s1. The Bertz CT molecular complexity index is 446. The highest BCUT2D eigenvalue weighted by atomic mass is 32.1. The van der Waals surface area contributed by atoms with Crippen LogP contribution >= 0.6 is 11.3 Å². The van der Waals surface area contributed by atoms with E-state index in [1.54, 1.807) is 4.90 Å². The quantitative estimate of drug-likeness (QED) is 0.886. The molecular weight excluding hydrogens is 252 g/mol. The summed E-state index contributed by atoms with van der Waals surface area (Å²) in [6.07, 6.45) is 2.39. The molecule has 18 heavy (non-hydrogen) atoms. The van der Waals surface area contributed by atoms with E-state index in [4.69, 9.17) is 4.74 Å². The zero-order valence-corrected chi connectivity index (χ0v) is 11.1. The molecule has 1 atom stereocenters. The first kappa shape index (κ1) is 11.9. The first-order valence-electron chi connectivity index (χ1n) is 6.23. The lowest BCUT2D eigenvalue weighted by Gasteiger charge is -2.32. The molecule has 1 saturated carbocycles. The maximum absolute atomic E-state index is 12.1. The molecule has 1 aliphatic heterocycles. The van der Waals surface area contributed by atoms with Gasteiger partial charge in [-0.25, -0.2) is 4.79 Å². The summed E-state index contributed by atoms with van der Waals surface area (Å²) < 4.78 is 5.31. The van der Waals surface area contributed by atoms with Crippen molar-refractivity contribution in [2.75, 3.05) is 25.1 Å². The van der Waals surface area contributed by atoms with Crippen LogP contribution < -0.4 is 5.32 Å². The van der Waals surface area contributed by atoms with Gasteiger partial charge in [0.25, 0.3) is 0 Å². The molecule has 0 spiro atoms. The summed E-state index contributed by atoms with van der Waals surface area (Å²) in [5, 5.41) is 12.6. The van der Waals surface area contributed by atoms with E-state index in [-0.39, 0.29) is 12.1 Å². The van der Waals surface area contributed by atoms with Crippen molar-refractivity contribution in [1.29, 1.82) is 0 Å². The molecular formula is C11H16N4O2S. The van der Waals surface area contributed by atoms with Crippen molar-refractivity contribution >= 4 is 22.5 Å². The van der Waals surface area contributed by atoms with Gasteiger partial charge in [-0.1, -0.05) is 11.3 Å².